The normalized spacial score (nSPS) is 17.8. The first-order valence-corrected chi connectivity index (χ1v) is 16.6. The number of fused-ring (bicyclic) bond motifs is 3. The first-order valence-electron chi connectivity index (χ1n) is 16.6. The van der Waals surface area contributed by atoms with E-state index in [1.807, 2.05) is 0 Å². The zero-order chi connectivity index (χ0) is 32.0. The molecular weight excluding hydrogens is 571 g/mol. The van der Waals surface area contributed by atoms with Crippen LogP contribution in [0.25, 0.3) is 11.1 Å². The largest absolute Gasteiger partial charge is 0.258 e. The fraction of sp³-hybridized carbons (Fsp3) is 0.159. The van der Waals surface area contributed by atoms with Crippen molar-refractivity contribution in [2.45, 2.75) is 38.6 Å². The Hall–Kier alpha value is -5.41. The zero-order valence-electron chi connectivity index (χ0n) is 27.1. The fourth-order valence-electron chi connectivity index (χ4n) is 7.92. The molecule has 0 amide bonds. The van der Waals surface area contributed by atoms with Crippen LogP contribution in [0.5, 0.6) is 0 Å². The summed E-state index contributed by atoms with van der Waals surface area (Å²) >= 11 is 0. The maximum absolute atomic E-state index is 5.50. The molecule has 0 radical (unpaired) electrons. The van der Waals surface area contributed by atoms with Gasteiger partial charge in [-0.15, -0.1) is 0 Å². The third-order valence-electron chi connectivity index (χ3n) is 10.0. The number of amidine groups is 1. The number of hydrogen-bond donors (Lipinski definition) is 0. The molecule has 47 heavy (non-hydrogen) atoms. The highest BCUT2D eigenvalue weighted by molar-refractivity contribution is 6.15. The summed E-state index contributed by atoms with van der Waals surface area (Å²) in [6, 6.07) is 52.5. The van der Waals surface area contributed by atoms with E-state index >= 15 is 0 Å². The fourth-order valence-corrected chi connectivity index (χ4v) is 7.92. The van der Waals surface area contributed by atoms with Crippen LogP contribution in [-0.4, -0.2) is 16.5 Å². The summed E-state index contributed by atoms with van der Waals surface area (Å²) < 4.78 is 0. The molecule has 0 saturated heterocycles. The van der Waals surface area contributed by atoms with Crippen molar-refractivity contribution in [3.05, 3.63) is 196 Å². The van der Waals surface area contributed by atoms with Crippen molar-refractivity contribution >= 4 is 11.5 Å². The predicted octanol–water partition coefficient (Wildman–Crippen LogP) is 10.1. The van der Waals surface area contributed by atoms with Crippen molar-refractivity contribution < 1.29 is 0 Å². The van der Waals surface area contributed by atoms with Gasteiger partial charge in [-0.1, -0.05) is 140 Å². The molecule has 0 spiro atoms. The van der Waals surface area contributed by atoms with E-state index in [9.17, 15) is 0 Å². The molecule has 1 aliphatic carbocycles. The minimum atomic E-state index is -0.478. The number of pyridine rings is 1. The van der Waals surface area contributed by atoms with E-state index < -0.39 is 5.41 Å². The second kappa shape index (κ2) is 11.7. The summed E-state index contributed by atoms with van der Waals surface area (Å²) in [5.41, 5.74) is 13.6. The smallest absolute Gasteiger partial charge is 0.155 e. The lowest BCUT2D eigenvalue weighted by Crippen LogP contribution is -2.30. The van der Waals surface area contributed by atoms with Gasteiger partial charge in [-0.2, -0.15) is 0 Å². The molecule has 2 atom stereocenters. The molecule has 2 heterocycles. The SMILES string of the molecule is CCC1C(c2ccccc2)=NC(c2ccc3c(c2)C(c2ccccc2)(c2ccccc2)c2ccccc2-3)=NC1c1ccc(C)nc1C. The molecule has 8 rings (SSSR count). The average molecular weight is 608 g/mol. The van der Waals surface area contributed by atoms with Crippen LogP contribution < -0.4 is 0 Å². The van der Waals surface area contributed by atoms with Gasteiger partial charge in [-0.25, -0.2) is 4.99 Å². The lowest BCUT2D eigenvalue weighted by Gasteiger charge is -2.34. The van der Waals surface area contributed by atoms with E-state index in [1.54, 1.807) is 0 Å². The van der Waals surface area contributed by atoms with Gasteiger partial charge in [0, 0.05) is 22.9 Å². The topological polar surface area (TPSA) is 37.6 Å². The van der Waals surface area contributed by atoms with Crippen LogP contribution in [0, 0.1) is 19.8 Å². The summed E-state index contributed by atoms with van der Waals surface area (Å²) in [4.78, 5) is 15.8. The Morgan fingerprint density at radius 2 is 1.21 bits per heavy atom. The Labute approximate surface area is 277 Å². The van der Waals surface area contributed by atoms with Crippen molar-refractivity contribution in [1.29, 1.82) is 0 Å². The van der Waals surface area contributed by atoms with Crippen LogP contribution in [0.2, 0.25) is 0 Å². The highest BCUT2D eigenvalue weighted by Gasteiger charge is 2.46. The minimum Gasteiger partial charge on any atom is -0.258 e. The molecule has 3 nitrogen and oxygen atoms in total. The van der Waals surface area contributed by atoms with Gasteiger partial charge in [0.2, 0.25) is 0 Å². The maximum Gasteiger partial charge on any atom is 0.155 e. The zero-order valence-corrected chi connectivity index (χ0v) is 27.1. The van der Waals surface area contributed by atoms with Crippen molar-refractivity contribution in [2.75, 3.05) is 0 Å². The number of nitrogens with zero attached hydrogens (tertiary/aromatic N) is 3. The summed E-state index contributed by atoms with van der Waals surface area (Å²) in [6.45, 7) is 6.40. The summed E-state index contributed by atoms with van der Waals surface area (Å²) in [5.74, 6) is 0.906. The molecule has 3 heteroatoms. The molecule has 0 saturated carbocycles. The van der Waals surface area contributed by atoms with Crippen molar-refractivity contribution in [1.82, 2.24) is 4.98 Å². The molecule has 0 fully saturated rings. The molecule has 6 aromatic rings. The molecule has 1 aliphatic heterocycles. The van der Waals surface area contributed by atoms with Gasteiger partial charge in [-0.05, 0) is 76.9 Å². The Morgan fingerprint density at radius 3 is 1.87 bits per heavy atom. The van der Waals surface area contributed by atoms with Gasteiger partial charge >= 0.3 is 0 Å². The summed E-state index contributed by atoms with van der Waals surface area (Å²) in [7, 11) is 0. The Morgan fingerprint density at radius 1 is 0.596 bits per heavy atom. The van der Waals surface area contributed by atoms with E-state index in [0.717, 1.165) is 40.5 Å². The van der Waals surface area contributed by atoms with Gasteiger partial charge in [0.05, 0.1) is 17.2 Å². The van der Waals surface area contributed by atoms with E-state index in [1.165, 1.54) is 38.9 Å². The van der Waals surface area contributed by atoms with Crippen molar-refractivity contribution in [3.63, 3.8) is 0 Å². The van der Waals surface area contributed by atoms with Crippen LogP contribution in [0.3, 0.4) is 0 Å². The third kappa shape index (κ3) is 4.68. The number of benzene rings is 5. The Balaban J connectivity index is 1.39. The quantitative estimate of drug-likeness (QED) is 0.185. The second-order valence-electron chi connectivity index (χ2n) is 12.7. The first kappa shape index (κ1) is 29.0. The number of aryl methyl sites for hydroxylation is 2. The predicted molar refractivity (Wildman–Crippen MR) is 193 cm³/mol. The number of aromatic nitrogens is 1. The molecule has 1 aromatic heterocycles. The second-order valence-corrected chi connectivity index (χ2v) is 12.7. The standard InChI is InChI=1S/C44H37N3/c1-4-35-41(31-16-8-5-9-17-31)46-43(47-42(35)36-26-24-29(2)45-30(36)3)32-25-27-38-37-22-14-15-23-39(37)44(40(38)28-32,33-18-10-6-11-19-33)34-20-12-7-13-21-34/h5-28,35,42H,4H2,1-3H3. The van der Waals surface area contributed by atoms with Gasteiger partial charge in [0.1, 0.15) is 0 Å². The maximum atomic E-state index is 5.50. The van der Waals surface area contributed by atoms with Crippen molar-refractivity contribution in [2.24, 2.45) is 15.9 Å². The minimum absolute atomic E-state index is 0.0886. The summed E-state index contributed by atoms with van der Waals surface area (Å²) in [6.07, 6.45) is 0.924. The molecule has 2 aliphatic rings. The van der Waals surface area contributed by atoms with Crippen LogP contribution in [0.15, 0.2) is 156 Å². The van der Waals surface area contributed by atoms with Crippen LogP contribution in [-0.2, 0) is 5.41 Å². The van der Waals surface area contributed by atoms with E-state index in [4.69, 9.17) is 15.0 Å². The lowest BCUT2D eigenvalue weighted by atomic mass is 9.67. The van der Waals surface area contributed by atoms with E-state index in [2.05, 4.69) is 166 Å². The van der Waals surface area contributed by atoms with Crippen LogP contribution in [0.1, 0.15) is 69.7 Å². The number of rotatable bonds is 6. The van der Waals surface area contributed by atoms with Crippen LogP contribution >= 0.6 is 0 Å². The Bertz CT molecular complexity index is 2110. The molecule has 0 bridgehead atoms. The number of aliphatic imine (C=N–C) groups is 2. The average Bonchev–Trinajstić information content (AvgIpc) is 3.42. The highest BCUT2D eigenvalue weighted by Crippen LogP contribution is 2.56. The third-order valence-corrected chi connectivity index (χ3v) is 10.0. The molecule has 228 valence electrons. The summed E-state index contributed by atoms with van der Waals surface area (Å²) in [5, 5.41) is 0. The molecule has 0 N–H and O–H groups in total. The van der Waals surface area contributed by atoms with Crippen molar-refractivity contribution in [3.8, 4) is 11.1 Å². The van der Waals surface area contributed by atoms with Gasteiger partial charge < -0.3 is 0 Å². The number of hydrogen-bond acceptors (Lipinski definition) is 3. The highest BCUT2D eigenvalue weighted by atomic mass is 15.0. The van der Waals surface area contributed by atoms with E-state index in [-0.39, 0.29) is 12.0 Å². The lowest BCUT2D eigenvalue weighted by molar-refractivity contribution is 0.528. The first-order chi connectivity index (χ1) is 23.1. The molecular formula is C44H37N3. The van der Waals surface area contributed by atoms with Gasteiger partial charge in [0.15, 0.2) is 5.84 Å². The monoisotopic (exact) mass is 607 g/mol. The van der Waals surface area contributed by atoms with E-state index in [0.29, 0.717) is 0 Å². The van der Waals surface area contributed by atoms with Gasteiger partial charge in [0.25, 0.3) is 0 Å². The van der Waals surface area contributed by atoms with Crippen LogP contribution in [0.4, 0.5) is 0 Å². The molecule has 5 aromatic carbocycles. The van der Waals surface area contributed by atoms with Gasteiger partial charge in [-0.3, -0.25) is 9.98 Å². The Kier molecular flexibility index (Phi) is 7.25. The molecule has 2 unspecified atom stereocenters.